The molecule has 0 aliphatic heterocycles. The SMILES string of the molecule is CN=C(NCCCNC(=O)c1cccs1)NCc1cc(C(C)C)no1. The van der Waals surface area contributed by atoms with E-state index in [1.54, 1.807) is 7.05 Å². The smallest absolute Gasteiger partial charge is 0.261 e. The van der Waals surface area contributed by atoms with E-state index in [-0.39, 0.29) is 5.91 Å². The molecule has 2 heterocycles. The highest BCUT2D eigenvalue weighted by Crippen LogP contribution is 2.13. The predicted octanol–water partition coefficient (Wildman–Crippen LogP) is 2.34. The summed E-state index contributed by atoms with van der Waals surface area (Å²) >= 11 is 1.44. The molecule has 2 aromatic rings. The Morgan fingerprint density at radius 2 is 2.12 bits per heavy atom. The Balaban J connectivity index is 1.62. The fraction of sp³-hybridized carbons (Fsp3) is 0.471. The van der Waals surface area contributed by atoms with Gasteiger partial charge in [-0.15, -0.1) is 11.3 Å². The Bertz CT molecular complexity index is 679. The highest BCUT2D eigenvalue weighted by atomic mass is 32.1. The number of hydrogen-bond acceptors (Lipinski definition) is 5. The van der Waals surface area contributed by atoms with Crippen LogP contribution in [0.25, 0.3) is 0 Å². The van der Waals surface area contributed by atoms with Gasteiger partial charge in [0.2, 0.25) is 0 Å². The van der Waals surface area contributed by atoms with Crippen LogP contribution < -0.4 is 16.0 Å². The number of thiophene rings is 1. The van der Waals surface area contributed by atoms with Gasteiger partial charge in [-0.2, -0.15) is 0 Å². The largest absolute Gasteiger partial charge is 0.359 e. The van der Waals surface area contributed by atoms with Crippen molar-refractivity contribution in [1.82, 2.24) is 21.1 Å². The van der Waals surface area contributed by atoms with Crippen LogP contribution in [0.4, 0.5) is 0 Å². The Hall–Kier alpha value is -2.35. The van der Waals surface area contributed by atoms with Gasteiger partial charge in [0.1, 0.15) is 0 Å². The first kappa shape index (κ1) is 19.0. The number of rotatable bonds is 8. The molecule has 8 heteroatoms. The predicted molar refractivity (Wildman–Crippen MR) is 100 cm³/mol. The summed E-state index contributed by atoms with van der Waals surface area (Å²) in [5, 5.41) is 15.2. The number of carbonyl (C=O) groups is 1. The number of nitrogens with zero attached hydrogens (tertiary/aromatic N) is 2. The minimum Gasteiger partial charge on any atom is -0.359 e. The topological polar surface area (TPSA) is 91.5 Å². The zero-order valence-corrected chi connectivity index (χ0v) is 15.7. The van der Waals surface area contributed by atoms with E-state index in [9.17, 15) is 4.79 Å². The van der Waals surface area contributed by atoms with E-state index in [4.69, 9.17) is 4.52 Å². The third-order valence-electron chi connectivity index (χ3n) is 3.50. The van der Waals surface area contributed by atoms with Crippen molar-refractivity contribution in [3.05, 3.63) is 39.9 Å². The van der Waals surface area contributed by atoms with Crippen molar-refractivity contribution < 1.29 is 9.32 Å². The second kappa shape index (κ2) is 9.83. The molecule has 0 spiro atoms. The third-order valence-corrected chi connectivity index (χ3v) is 4.37. The molecule has 0 saturated carbocycles. The molecule has 25 heavy (non-hydrogen) atoms. The number of aliphatic imine (C=N–C) groups is 1. The van der Waals surface area contributed by atoms with Gasteiger partial charge in [0.15, 0.2) is 11.7 Å². The molecule has 0 saturated heterocycles. The number of guanidine groups is 1. The van der Waals surface area contributed by atoms with E-state index in [2.05, 4.69) is 39.9 Å². The molecule has 0 unspecified atom stereocenters. The fourth-order valence-electron chi connectivity index (χ4n) is 2.07. The lowest BCUT2D eigenvalue weighted by Crippen LogP contribution is -2.38. The third kappa shape index (κ3) is 6.22. The van der Waals surface area contributed by atoms with Gasteiger partial charge >= 0.3 is 0 Å². The van der Waals surface area contributed by atoms with Gasteiger partial charge in [0.05, 0.1) is 17.1 Å². The maximum Gasteiger partial charge on any atom is 0.261 e. The van der Waals surface area contributed by atoms with Crippen molar-refractivity contribution in [2.45, 2.75) is 32.7 Å². The Labute approximate surface area is 151 Å². The van der Waals surface area contributed by atoms with Crippen LogP contribution in [0.1, 0.15) is 47.3 Å². The Morgan fingerprint density at radius 3 is 2.76 bits per heavy atom. The summed E-state index contributed by atoms with van der Waals surface area (Å²) in [7, 11) is 1.72. The molecule has 0 radical (unpaired) electrons. The monoisotopic (exact) mass is 363 g/mol. The molecule has 3 N–H and O–H groups in total. The summed E-state index contributed by atoms with van der Waals surface area (Å²) in [6.07, 6.45) is 0.803. The number of carbonyl (C=O) groups excluding carboxylic acids is 1. The average Bonchev–Trinajstić information content (AvgIpc) is 3.28. The first-order valence-corrected chi connectivity index (χ1v) is 9.20. The van der Waals surface area contributed by atoms with Gasteiger partial charge < -0.3 is 20.5 Å². The van der Waals surface area contributed by atoms with Crippen molar-refractivity contribution >= 4 is 23.2 Å². The second-order valence-electron chi connectivity index (χ2n) is 5.81. The van der Waals surface area contributed by atoms with Crippen molar-refractivity contribution in [3.63, 3.8) is 0 Å². The molecule has 0 aromatic carbocycles. The van der Waals surface area contributed by atoms with Gasteiger partial charge in [-0.1, -0.05) is 25.1 Å². The normalized spacial score (nSPS) is 11.6. The Kier molecular flexibility index (Phi) is 7.46. The van der Waals surface area contributed by atoms with Crippen LogP contribution in [0.15, 0.2) is 33.1 Å². The molecule has 2 aromatic heterocycles. The lowest BCUT2D eigenvalue weighted by molar-refractivity contribution is 0.0957. The maximum absolute atomic E-state index is 11.8. The molecule has 136 valence electrons. The van der Waals surface area contributed by atoms with E-state index in [0.29, 0.717) is 31.5 Å². The summed E-state index contributed by atoms with van der Waals surface area (Å²) in [6, 6.07) is 5.64. The molecular formula is C17H25N5O2S. The van der Waals surface area contributed by atoms with Crippen molar-refractivity contribution in [3.8, 4) is 0 Å². The van der Waals surface area contributed by atoms with E-state index >= 15 is 0 Å². The first-order chi connectivity index (χ1) is 12.1. The van der Waals surface area contributed by atoms with Gasteiger partial charge in [0.25, 0.3) is 5.91 Å². The average molecular weight is 363 g/mol. The molecule has 1 amide bonds. The first-order valence-electron chi connectivity index (χ1n) is 8.32. The van der Waals surface area contributed by atoms with Gasteiger partial charge in [-0.25, -0.2) is 0 Å². The minimum atomic E-state index is -0.0243. The molecule has 0 aliphatic rings. The molecule has 0 fully saturated rings. The summed E-state index contributed by atoms with van der Waals surface area (Å²) in [5.41, 5.74) is 0.946. The van der Waals surface area contributed by atoms with E-state index in [0.717, 1.165) is 22.8 Å². The highest BCUT2D eigenvalue weighted by molar-refractivity contribution is 7.12. The highest BCUT2D eigenvalue weighted by Gasteiger charge is 2.08. The van der Waals surface area contributed by atoms with Crippen molar-refractivity contribution in [2.24, 2.45) is 4.99 Å². The zero-order valence-electron chi connectivity index (χ0n) is 14.8. The van der Waals surface area contributed by atoms with Gasteiger partial charge in [-0.05, 0) is 23.8 Å². The summed E-state index contributed by atoms with van der Waals surface area (Å²) in [4.78, 5) is 16.7. The minimum absolute atomic E-state index is 0.0243. The summed E-state index contributed by atoms with van der Waals surface area (Å²) in [6.45, 7) is 5.99. The zero-order chi connectivity index (χ0) is 18.1. The summed E-state index contributed by atoms with van der Waals surface area (Å²) < 4.78 is 5.28. The van der Waals surface area contributed by atoms with Gasteiger partial charge in [-0.3, -0.25) is 9.79 Å². The van der Waals surface area contributed by atoms with E-state index in [1.165, 1.54) is 11.3 Å². The van der Waals surface area contributed by atoms with Crippen molar-refractivity contribution in [2.75, 3.05) is 20.1 Å². The van der Waals surface area contributed by atoms with E-state index < -0.39 is 0 Å². The molecule has 0 bridgehead atoms. The standard InChI is InChI=1S/C17H25N5O2S/c1-12(2)14-10-13(24-22-14)11-21-17(18-3)20-8-5-7-19-16(23)15-6-4-9-25-15/h4,6,9-10,12H,5,7-8,11H2,1-3H3,(H,19,23)(H2,18,20,21). The second-order valence-corrected chi connectivity index (χ2v) is 6.76. The molecule has 0 atom stereocenters. The van der Waals surface area contributed by atoms with Crippen LogP contribution in [0.2, 0.25) is 0 Å². The molecule has 2 rings (SSSR count). The van der Waals surface area contributed by atoms with Crippen LogP contribution in [-0.4, -0.2) is 37.2 Å². The van der Waals surface area contributed by atoms with E-state index in [1.807, 2.05) is 23.6 Å². The van der Waals surface area contributed by atoms with Crippen LogP contribution in [-0.2, 0) is 6.54 Å². The Morgan fingerprint density at radius 1 is 1.32 bits per heavy atom. The number of aromatic nitrogens is 1. The van der Waals surface area contributed by atoms with Crippen LogP contribution in [0.3, 0.4) is 0 Å². The maximum atomic E-state index is 11.8. The summed E-state index contributed by atoms with van der Waals surface area (Å²) in [5.74, 6) is 1.78. The molecule has 7 nitrogen and oxygen atoms in total. The quantitative estimate of drug-likeness (QED) is 0.380. The lowest BCUT2D eigenvalue weighted by Gasteiger charge is -2.10. The van der Waals surface area contributed by atoms with Crippen LogP contribution >= 0.6 is 11.3 Å². The number of amides is 1. The molecule has 0 aliphatic carbocycles. The van der Waals surface area contributed by atoms with Crippen molar-refractivity contribution in [1.29, 1.82) is 0 Å². The fourth-order valence-corrected chi connectivity index (χ4v) is 2.71. The van der Waals surface area contributed by atoms with Crippen LogP contribution in [0.5, 0.6) is 0 Å². The number of hydrogen-bond donors (Lipinski definition) is 3. The van der Waals surface area contributed by atoms with Gasteiger partial charge in [0, 0.05) is 26.2 Å². The van der Waals surface area contributed by atoms with Crippen LogP contribution in [0, 0.1) is 0 Å². The lowest BCUT2D eigenvalue weighted by atomic mass is 10.1. The number of nitrogens with one attached hydrogen (secondary N) is 3. The molecular weight excluding hydrogens is 338 g/mol.